The van der Waals surface area contributed by atoms with Gasteiger partial charge in [0, 0.05) is 13.6 Å². The molecule has 132 valence electrons. The van der Waals surface area contributed by atoms with Crippen molar-refractivity contribution in [3.8, 4) is 0 Å². The van der Waals surface area contributed by atoms with E-state index in [0.29, 0.717) is 12.5 Å². The van der Waals surface area contributed by atoms with Crippen LogP contribution in [0.15, 0.2) is 28.2 Å². The molecule has 1 spiro atoms. The zero-order valence-electron chi connectivity index (χ0n) is 14.3. The average molecular weight is 341 g/mol. The lowest BCUT2D eigenvalue weighted by Gasteiger charge is -2.46. The molecule has 1 fully saturated rings. The molecule has 5 N–H and O–H groups in total. The van der Waals surface area contributed by atoms with Crippen LogP contribution in [0.2, 0.25) is 0 Å². The maximum atomic E-state index is 12.2. The Labute approximate surface area is 146 Å². The van der Waals surface area contributed by atoms with Gasteiger partial charge in [0.2, 0.25) is 11.9 Å². The third-order valence-corrected chi connectivity index (χ3v) is 5.21. The molecule has 2 heterocycles. The summed E-state index contributed by atoms with van der Waals surface area (Å²) in [7, 11) is 1.77. The van der Waals surface area contributed by atoms with Crippen molar-refractivity contribution < 1.29 is 4.79 Å². The Morgan fingerprint density at radius 2 is 1.96 bits per heavy atom. The Kier molecular flexibility index (Phi) is 3.55. The molecule has 4 rings (SSSR count). The molecule has 3 aliphatic rings. The summed E-state index contributed by atoms with van der Waals surface area (Å²) in [6.07, 6.45) is 5.02. The van der Waals surface area contributed by atoms with E-state index >= 15 is 0 Å². The average Bonchev–Trinajstić information content (AvgIpc) is 2.56. The second kappa shape index (κ2) is 5.65. The number of carbonyl (C=O) groups is 1. The van der Waals surface area contributed by atoms with E-state index in [1.165, 1.54) is 6.42 Å². The molecule has 0 radical (unpaired) electrons. The van der Waals surface area contributed by atoms with E-state index in [1.807, 2.05) is 23.1 Å². The first-order chi connectivity index (χ1) is 12.0. The second-order valence-electron chi connectivity index (χ2n) is 6.92. The first-order valence-electron chi connectivity index (χ1n) is 8.64. The molecule has 0 aromatic heterocycles. The van der Waals surface area contributed by atoms with Crippen LogP contribution in [0.4, 0.5) is 16.2 Å². The summed E-state index contributed by atoms with van der Waals surface area (Å²) in [5.74, 6) is 0.556. The number of urea groups is 1. The van der Waals surface area contributed by atoms with Gasteiger partial charge in [-0.3, -0.25) is 4.90 Å². The van der Waals surface area contributed by atoms with Crippen molar-refractivity contribution in [2.24, 2.45) is 21.5 Å². The predicted molar refractivity (Wildman–Crippen MR) is 98.5 cm³/mol. The SMILES string of the molecule is CN1Cc2cccc(N3C(N)=NC(N)=NC34CCCCC4)c2NC1=O. The normalized spacial score (nSPS) is 22.2. The highest BCUT2D eigenvalue weighted by Crippen LogP contribution is 2.43. The third-order valence-electron chi connectivity index (χ3n) is 5.21. The minimum atomic E-state index is -0.517. The van der Waals surface area contributed by atoms with Gasteiger partial charge in [0.05, 0.1) is 11.4 Å². The van der Waals surface area contributed by atoms with Gasteiger partial charge in [0.15, 0.2) is 0 Å². The fraction of sp³-hybridized carbons (Fsp3) is 0.471. The summed E-state index contributed by atoms with van der Waals surface area (Å²) in [6, 6.07) is 5.82. The van der Waals surface area contributed by atoms with Crippen molar-refractivity contribution in [1.29, 1.82) is 0 Å². The number of nitrogens with one attached hydrogen (secondary N) is 1. The number of carbonyl (C=O) groups excluding carboxylic acids is 1. The number of fused-ring (bicyclic) bond motifs is 1. The summed E-state index contributed by atoms with van der Waals surface area (Å²) in [5.41, 5.74) is 14.4. The van der Waals surface area contributed by atoms with E-state index in [2.05, 4.69) is 10.3 Å². The number of anilines is 2. The highest BCUT2D eigenvalue weighted by molar-refractivity contribution is 6.09. The largest absolute Gasteiger partial charge is 0.369 e. The fourth-order valence-electron chi connectivity index (χ4n) is 4.05. The maximum absolute atomic E-state index is 12.2. The van der Waals surface area contributed by atoms with Gasteiger partial charge >= 0.3 is 6.03 Å². The molecule has 0 unspecified atom stereocenters. The molecule has 0 atom stereocenters. The Balaban J connectivity index is 1.84. The highest BCUT2D eigenvalue weighted by atomic mass is 16.2. The van der Waals surface area contributed by atoms with E-state index in [4.69, 9.17) is 16.5 Å². The van der Waals surface area contributed by atoms with E-state index < -0.39 is 5.66 Å². The monoisotopic (exact) mass is 341 g/mol. The molecule has 1 saturated carbocycles. The molecule has 8 heteroatoms. The number of hydrogen-bond donors (Lipinski definition) is 3. The van der Waals surface area contributed by atoms with Crippen LogP contribution in [0, 0.1) is 0 Å². The first-order valence-corrected chi connectivity index (χ1v) is 8.64. The Morgan fingerprint density at radius 1 is 1.20 bits per heavy atom. The summed E-state index contributed by atoms with van der Waals surface area (Å²) >= 11 is 0. The van der Waals surface area contributed by atoms with Crippen LogP contribution in [0.5, 0.6) is 0 Å². The van der Waals surface area contributed by atoms with Crippen LogP contribution in [0.1, 0.15) is 37.7 Å². The van der Waals surface area contributed by atoms with Crippen LogP contribution in [-0.2, 0) is 6.54 Å². The van der Waals surface area contributed by atoms with Gasteiger partial charge in [-0.1, -0.05) is 18.6 Å². The van der Waals surface area contributed by atoms with Crippen molar-refractivity contribution in [3.05, 3.63) is 23.8 Å². The number of benzene rings is 1. The molecule has 8 nitrogen and oxygen atoms in total. The number of nitrogens with zero attached hydrogens (tertiary/aromatic N) is 4. The highest BCUT2D eigenvalue weighted by Gasteiger charge is 2.44. The molecular weight excluding hydrogens is 318 g/mol. The molecule has 1 aliphatic carbocycles. The summed E-state index contributed by atoms with van der Waals surface area (Å²) in [6.45, 7) is 0.554. The number of rotatable bonds is 1. The molecule has 25 heavy (non-hydrogen) atoms. The lowest BCUT2D eigenvalue weighted by molar-refractivity contribution is 0.218. The smallest absolute Gasteiger partial charge is 0.321 e. The van der Waals surface area contributed by atoms with Crippen LogP contribution < -0.4 is 21.7 Å². The second-order valence-corrected chi connectivity index (χ2v) is 6.92. The zero-order valence-corrected chi connectivity index (χ0v) is 14.3. The standard InChI is InChI=1S/C17H23N7O/c1-23-10-11-6-5-7-12(13(11)20-16(23)25)24-15(19)21-14(18)22-17(24)8-3-2-4-9-17/h5-7H,2-4,8-10H2,1H3,(H,20,25)(H4,18,19,21,22). The van der Waals surface area contributed by atoms with E-state index in [9.17, 15) is 4.79 Å². The van der Waals surface area contributed by atoms with Crippen LogP contribution in [0.3, 0.4) is 0 Å². The first kappa shape index (κ1) is 15.7. The third kappa shape index (κ3) is 2.48. The van der Waals surface area contributed by atoms with Gasteiger partial charge in [-0.05, 0) is 37.3 Å². The topological polar surface area (TPSA) is 112 Å². The van der Waals surface area contributed by atoms with E-state index in [1.54, 1.807) is 11.9 Å². The number of para-hydroxylation sites is 1. The maximum Gasteiger partial charge on any atom is 0.321 e. The van der Waals surface area contributed by atoms with E-state index in [-0.39, 0.29) is 12.0 Å². The predicted octanol–water partition coefficient (Wildman–Crippen LogP) is 1.77. The molecule has 2 amide bonds. The van der Waals surface area contributed by atoms with Gasteiger partial charge in [-0.15, -0.1) is 0 Å². The number of guanidine groups is 2. The van der Waals surface area contributed by atoms with Gasteiger partial charge in [0.25, 0.3) is 0 Å². The molecule has 0 bridgehead atoms. The summed E-state index contributed by atoms with van der Waals surface area (Å²) < 4.78 is 0. The lowest BCUT2D eigenvalue weighted by atomic mass is 9.87. The van der Waals surface area contributed by atoms with Crippen LogP contribution in [-0.4, -0.2) is 35.6 Å². The quantitative estimate of drug-likeness (QED) is 0.722. The Bertz CT molecular complexity index is 779. The van der Waals surface area contributed by atoms with Gasteiger partial charge in [0.1, 0.15) is 5.66 Å². The molecule has 1 aromatic rings. The van der Waals surface area contributed by atoms with Crippen molar-refractivity contribution >= 4 is 29.3 Å². The lowest BCUT2D eigenvalue weighted by Crippen LogP contribution is -2.58. The minimum absolute atomic E-state index is 0.131. The molecule has 1 aromatic carbocycles. The molecule has 2 aliphatic heterocycles. The summed E-state index contributed by atoms with van der Waals surface area (Å²) in [4.78, 5) is 24.7. The van der Waals surface area contributed by atoms with Gasteiger partial charge in [-0.2, -0.15) is 4.99 Å². The Morgan fingerprint density at radius 3 is 2.72 bits per heavy atom. The summed E-state index contributed by atoms with van der Waals surface area (Å²) in [5, 5.41) is 2.98. The molecular formula is C17H23N7O. The van der Waals surface area contributed by atoms with E-state index in [0.717, 1.165) is 42.6 Å². The van der Waals surface area contributed by atoms with Crippen LogP contribution in [0.25, 0.3) is 0 Å². The minimum Gasteiger partial charge on any atom is -0.369 e. The zero-order chi connectivity index (χ0) is 17.6. The molecule has 0 saturated heterocycles. The number of amides is 2. The van der Waals surface area contributed by atoms with Crippen molar-refractivity contribution in [1.82, 2.24) is 4.90 Å². The van der Waals surface area contributed by atoms with Crippen molar-refractivity contribution in [2.75, 3.05) is 17.3 Å². The van der Waals surface area contributed by atoms with Gasteiger partial charge in [-0.25, -0.2) is 9.79 Å². The number of aliphatic imine (C=N–C) groups is 2. The fourth-order valence-corrected chi connectivity index (χ4v) is 4.05. The van der Waals surface area contributed by atoms with Crippen molar-refractivity contribution in [3.63, 3.8) is 0 Å². The Hall–Kier alpha value is -2.77. The van der Waals surface area contributed by atoms with Crippen molar-refractivity contribution in [2.45, 2.75) is 44.3 Å². The van der Waals surface area contributed by atoms with Crippen LogP contribution >= 0.6 is 0 Å². The number of nitrogens with two attached hydrogens (primary N) is 2. The number of hydrogen-bond acceptors (Lipinski definition) is 6. The van der Waals surface area contributed by atoms with Gasteiger partial charge < -0.3 is 21.7 Å².